The number of guanidine groups is 1. The van der Waals surface area contributed by atoms with Crippen LogP contribution in [0.25, 0.3) is 0 Å². The number of rotatable bonds is 6. The van der Waals surface area contributed by atoms with Gasteiger partial charge in [-0.3, -0.25) is 9.89 Å². The number of aryl methyl sites for hydroxylation is 1. The molecule has 1 saturated heterocycles. The Morgan fingerprint density at radius 2 is 1.92 bits per heavy atom. The Balaban J connectivity index is 1.49. The molecule has 26 heavy (non-hydrogen) atoms. The zero-order chi connectivity index (χ0) is 18.2. The van der Waals surface area contributed by atoms with Crippen LogP contribution in [0.2, 0.25) is 0 Å². The van der Waals surface area contributed by atoms with Gasteiger partial charge in [-0.15, -0.1) is 11.3 Å². The minimum atomic E-state index is 0.764. The van der Waals surface area contributed by atoms with Crippen molar-refractivity contribution in [1.29, 1.82) is 0 Å². The van der Waals surface area contributed by atoms with Gasteiger partial charge >= 0.3 is 0 Å². The van der Waals surface area contributed by atoms with Crippen molar-refractivity contribution in [3.63, 3.8) is 0 Å². The summed E-state index contributed by atoms with van der Waals surface area (Å²) in [6.45, 7) is 8.41. The van der Waals surface area contributed by atoms with E-state index in [0.717, 1.165) is 51.9 Å². The molecule has 140 valence electrons. The predicted molar refractivity (Wildman–Crippen MR) is 109 cm³/mol. The lowest BCUT2D eigenvalue weighted by molar-refractivity contribution is 0.0342. The van der Waals surface area contributed by atoms with Gasteiger partial charge in [0.05, 0.1) is 19.8 Å². The molecule has 1 aromatic carbocycles. The molecule has 0 spiro atoms. The minimum Gasteiger partial charge on any atom is -0.379 e. The van der Waals surface area contributed by atoms with Crippen LogP contribution in [-0.2, 0) is 24.4 Å². The lowest BCUT2D eigenvalue weighted by Crippen LogP contribution is -2.36. The summed E-state index contributed by atoms with van der Waals surface area (Å²) in [6.07, 6.45) is 0. The van der Waals surface area contributed by atoms with Crippen LogP contribution in [0, 0.1) is 6.92 Å². The van der Waals surface area contributed by atoms with Crippen molar-refractivity contribution in [2.24, 2.45) is 4.99 Å². The normalized spacial score (nSPS) is 15.8. The smallest absolute Gasteiger partial charge is 0.191 e. The Morgan fingerprint density at radius 1 is 1.15 bits per heavy atom. The molecule has 0 bridgehead atoms. The number of ether oxygens (including phenoxy) is 1. The van der Waals surface area contributed by atoms with Gasteiger partial charge in [-0.25, -0.2) is 0 Å². The van der Waals surface area contributed by atoms with E-state index in [1.807, 2.05) is 7.05 Å². The summed E-state index contributed by atoms with van der Waals surface area (Å²) in [5, 5.41) is 8.93. The summed E-state index contributed by atoms with van der Waals surface area (Å²) in [5.74, 6) is 0.830. The summed E-state index contributed by atoms with van der Waals surface area (Å²) in [7, 11) is 1.81. The molecule has 2 N–H and O–H groups in total. The number of nitrogens with one attached hydrogen (secondary N) is 2. The summed E-state index contributed by atoms with van der Waals surface area (Å²) in [4.78, 5) is 8.12. The van der Waals surface area contributed by atoms with Crippen LogP contribution >= 0.6 is 11.3 Å². The molecule has 0 unspecified atom stereocenters. The average molecular weight is 373 g/mol. The fourth-order valence-electron chi connectivity index (χ4n) is 3.01. The second-order valence-corrected chi connectivity index (χ2v) is 7.52. The number of hydrogen-bond acceptors (Lipinski definition) is 4. The average Bonchev–Trinajstić information content (AvgIpc) is 3.08. The van der Waals surface area contributed by atoms with Gasteiger partial charge in [-0.1, -0.05) is 24.3 Å². The second kappa shape index (κ2) is 9.71. The molecule has 0 atom stereocenters. The maximum Gasteiger partial charge on any atom is 0.191 e. The first kappa shape index (κ1) is 18.9. The van der Waals surface area contributed by atoms with E-state index in [9.17, 15) is 0 Å². The van der Waals surface area contributed by atoms with E-state index in [2.05, 4.69) is 63.2 Å². The number of thiophene rings is 1. The Kier molecular flexibility index (Phi) is 7.05. The van der Waals surface area contributed by atoms with Gasteiger partial charge in [-0.2, -0.15) is 0 Å². The number of nitrogens with zero attached hydrogens (tertiary/aromatic N) is 2. The molecule has 0 saturated carbocycles. The minimum absolute atomic E-state index is 0.764. The van der Waals surface area contributed by atoms with Crippen molar-refractivity contribution in [2.75, 3.05) is 33.4 Å². The quantitative estimate of drug-likeness (QED) is 0.605. The van der Waals surface area contributed by atoms with Gasteiger partial charge in [0.1, 0.15) is 0 Å². The van der Waals surface area contributed by atoms with Crippen LogP contribution in [0.3, 0.4) is 0 Å². The van der Waals surface area contributed by atoms with Gasteiger partial charge in [0, 0.05) is 38.1 Å². The van der Waals surface area contributed by atoms with E-state index >= 15 is 0 Å². The van der Waals surface area contributed by atoms with Crippen molar-refractivity contribution in [3.05, 3.63) is 57.3 Å². The van der Waals surface area contributed by atoms with Gasteiger partial charge in [-0.05, 0) is 35.1 Å². The first-order chi connectivity index (χ1) is 12.7. The Bertz CT molecular complexity index is 722. The molecule has 3 rings (SSSR count). The summed E-state index contributed by atoms with van der Waals surface area (Å²) in [5.41, 5.74) is 3.95. The van der Waals surface area contributed by atoms with E-state index in [1.165, 1.54) is 21.6 Å². The zero-order valence-electron chi connectivity index (χ0n) is 15.6. The standard InChI is InChI=1S/C20H28N4OS/c1-16-6-11-26-19(16)14-23-20(21-2)22-13-17-4-3-5-18(12-17)15-24-7-9-25-10-8-24/h3-6,11-12H,7-10,13-15H2,1-2H3,(H2,21,22,23). The molecule has 1 fully saturated rings. The molecule has 0 aliphatic carbocycles. The van der Waals surface area contributed by atoms with Crippen molar-refractivity contribution >= 4 is 17.3 Å². The summed E-state index contributed by atoms with van der Waals surface area (Å²) >= 11 is 1.78. The monoisotopic (exact) mass is 372 g/mol. The SMILES string of the molecule is CN=C(NCc1cccc(CN2CCOCC2)c1)NCc1sccc1C. The highest BCUT2D eigenvalue weighted by atomic mass is 32.1. The van der Waals surface area contributed by atoms with Crippen LogP contribution in [0.1, 0.15) is 21.6 Å². The van der Waals surface area contributed by atoms with Gasteiger partial charge in [0.2, 0.25) is 0 Å². The molecule has 2 aromatic rings. The zero-order valence-corrected chi connectivity index (χ0v) is 16.4. The van der Waals surface area contributed by atoms with Crippen LogP contribution in [0.15, 0.2) is 40.7 Å². The van der Waals surface area contributed by atoms with Crippen LogP contribution < -0.4 is 10.6 Å². The fraction of sp³-hybridized carbons (Fsp3) is 0.450. The topological polar surface area (TPSA) is 48.9 Å². The third kappa shape index (κ3) is 5.56. The molecule has 1 aliphatic heterocycles. The first-order valence-electron chi connectivity index (χ1n) is 9.10. The number of aliphatic imine (C=N–C) groups is 1. The number of morpholine rings is 1. The van der Waals surface area contributed by atoms with E-state index in [-0.39, 0.29) is 0 Å². The summed E-state index contributed by atoms with van der Waals surface area (Å²) in [6, 6.07) is 10.9. The van der Waals surface area contributed by atoms with Crippen LogP contribution in [-0.4, -0.2) is 44.2 Å². The van der Waals surface area contributed by atoms with Crippen molar-refractivity contribution in [2.45, 2.75) is 26.6 Å². The predicted octanol–water partition coefficient (Wildman–Crippen LogP) is 2.75. The number of hydrogen-bond donors (Lipinski definition) is 2. The van der Waals surface area contributed by atoms with Crippen molar-refractivity contribution < 1.29 is 4.74 Å². The Labute approximate surface area is 160 Å². The van der Waals surface area contributed by atoms with Gasteiger partial charge in [0.25, 0.3) is 0 Å². The molecule has 0 radical (unpaired) electrons. The Hall–Kier alpha value is -1.89. The van der Waals surface area contributed by atoms with Crippen molar-refractivity contribution in [3.8, 4) is 0 Å². The lowest BCUT2D eigenvalue weighted by atomic mass is 10.1. The van der Waals surface area contributed by atoms with Gasteiger partial charge < -0.3 is 15.4 Å². The lowest BCUT2D eigenvalue weighted by Gasteiger charge is -2.26. The highest BCUT2D eigenvalue weighted by Gasteiger charge is 2.10. The van der Waals surface area contributed by atoms with Crippen LogP contribution in [0.5, 0.6) is 0 Å². The molecule has 1 aliphatic rings. The molecular formula is C20H28N4OS. The molecule has 2 heterocycles. The highest BCUT2D eigenvalue weighted by molar-refractivity contribution is 7.10. The molecule has 6 heteroatoms. The maximum absolute atomic E-state index is 5.42. The molecule has 0 amide bonds. The number of benzene rings is 1. The Morgan fingerprint density at radius 3 is 2.65 bits per heavy atom. The first-order valence-corrected chi connectivity index (χ1v) is 9.98. The fourth-order valence-corrected chi connectivity index (χ4v) is 3.86. The van der Waals surface area contributed by atoms with E-state index < -0.39 is 0 Å². The second-order valence-electron chi connectivity index (χ2n) is 6.51. The molecule has 1 aromatic heterocycles. The molecular weight excluding hydrogens is 344 g/mol. The van der Waals surface area contributed by atoms with E-state index in [1.54, 1.807) is 11.3 Å². The van der Waals surface area contributed by atoms with Crippen LogP contribution in [0.4, 0.5) is 0 Å². The third-order valence-corrected chi connectivity index (χ3v) is 5.59. The third-order valence-electron chi connectivity index (χ3n) is 4.57. The van der Waals surface area contributed by atoms with Gasteiger partial charge in [0.15, 0.2) is 5.96 Å². The van der Waals surface area contributed by atoms with E-state index in [0.29, 0.717) is 0 Å². The highest BCUT2D eigenvalue weighted by Crippen LogP contribution is 2.14. The van der Waals surface area contributed by atoms with E-state index in [4.69, 9.17) is 4.74 Å². The maximum atomic E-state index is 5.42. The van der Waals surface area contributed by atoms with Crippen molar-refractivity contribution in [1.82, 2.24) is 15.5 Å². The summed E-state index contributed by atoms with van der Waals surface area (Å²) < 4.78 is 5.42. The molecule has 5 nitrogen and oxygen atoms in total. The largest absolute Gasteiger partial charge is 0.379 e.